The molecule has 1 aromatic carbocycles. The molecule has 154 valence electrons. The van der Waals surface area contributed by atoms with Gasteiger partial charge in [0.05, 0.1) is 28.8 Å². The van der Waals surface area contributed by atoms with Crippen molar-refractivity contribution in [2.45, 2.75) is 19.8 Å². The maximum absolute atomic E-state index is 13.3. The number of rotatable bonds is 5. The molecule has 0 saturated heterocycles. The second kappa shape index (κ2) is 8.04. The van der Waals surface area contributed by atoms with Gasteiger partial charge in [-0.15, -0.1) is 22.7 Å². The molecule has 1 aliphatic heterocycles. The Morgan fingerprint density at radius 2 is 1.97 bits per heavy atom. The Bertz CT molecular complexity index is 1150. The first-order chi connectivity index (χ1) is 14.4. The van der Waals surface area contributed by atoms with Crippen molar-refractivity contribution in [2.24, 2.45) is 0 Å². The first kappa shape index (κ1) is 20.3. The average Bonchev–Trinajstić information content (AvgIpc) is 3.36. The van der Waals surface area contributed by atoms with Gasteiger partial charge in [0.2, 0.25) is 5.78 Å². The molecule has 4 rings (SSSR count). The summed E-state index contributed by atoms with van der Waals surface area (Å²) in [6.07, 6.45) is 0. The van der Waals surface area contributed by atoms with E-state index in [9.17, 15) is 14.0 Å². The number of nitrogens with one attached hydrogen (secondary N) is 1. The summed E-state index contributed by atoms with van der Waals surface area (Å²) in [4.78, 5) is 27.1. The second-order valence-corrected chi connectivity index (χ2v) is 8.76. The highest BCUT2D eigenvalue weighted by Gasteiger charge is 2.38. The molecule has 0 unspecified atom stereocenters. The Kier molecular flexibility index (Phi) is 5.44. The number of allylic oxidation sites excluding steroid dienone is 1. The molecule has 0 fully saturated rings. The lowest BCUT2D eigenvalue weighted by molar-refractivity contribution is -0.138. The van der Waals surface area contributed by atoms with E-state index in [1.54, 1.807) is 6.92 Å². The number of ketones is 1. The third-order valence-corrected chi connectivity index (χ3v) is 6.97. The van der Waals surface area contributed by atoms with Gasteiger partial charge in [-0.2, -0.15) is 0 Å². The lowest BCUT2D eigenvalue weighted by atomic mass is 9.85. The Morgan fingerprint density at radius 3 is 2.60 bits per heavy atom. The number of thiophene rings is 2. The van der Waals surface area contributed by atoms with Gasteiger partial charge in [0.15, 0.2) is 0 Å². The van der Waals surface area contributed by atoms with Gasteiger partial charge >= 0.3 is 5.97 Å². The Balaban J connectivity index is 1.84. The van der Waals surface area contributed by atoms with E-state index in [-0.39, 0.29) is 12.4 Å². The quantitative estimate of drug-likeness (QED) is 0.422. The summed E-state index contributed by atoms with van der Waals surface area (Å²) >= 11 is 2.75. The molecule has 0 spiro atoms. The summed E-state index contributed by atoms with van der Waals surface area (Å²) in [6.45, 7) is 3.83. The SMILES string of the molecule is CCOC(=O)C1=C(C)Nc2sc(C(=O)c3ccc(F)cc3)c(N)c2[C@@H]1c1cccs1. The van der Waals surface area contributed by atoms with Gasteiger partial charge in [-0.3, -0.25) is 4.79 Å². The van der Waals surface area contributed by atoms with E-state index >= 15 is 0 Å². The number of esters is 1. The van der Waals surface area contributed by atoms with Crippen LogP contribution < -0.4 is 11.1 Å². The molecule has 0 saturated carbocycles. The minimum atomic E-state index is -0.425. The highest BCUT2D eigenvalue weighted by molar-refractivity contribution is 7.19. The maximum atomic E-state index is 13.3. The van der Waals surface area contributed by atoms with Crippen LogP contribution >= 0.6 is 22.7 Å². The van der Waals surface area contributed by atoms with Crippen LogP contribution in [0.15, 0.2) is 53.0 Å². The zero-order valence-electron chi connectivity index (χ0n) is 16.3. The van der Waals surface area contributed by atoms with Crippen LogP contribution in [0.5, 0.6) is 0 Å². The van der Waals surface area contributed by atoms with Crippen LogP contribution in [0.4, 0.5) is 15.1 Å². The Morgan fingerprint density at radius 1 is 1.23 bits per heavy atom. The molecule has 2 aromatic heterocycles. The minimum Gasteiger partial charge on any atom is -0.463 e. The summed E-state index contributed by atoms with van der Waals surface area (Å²) in [5.41, 5.74) is 9.00. The van der Waals surface area contributed by atoms with Gasteiger partial charge < -0.3 is 15.8 Å². The highest BCUT2D eigenvalue weighted by Crippen LogP contribution is 2.51. The number of carbonyl (C=O) groups excluding carboxylic acids is 2. The molecular formula is C22H19FN2O3S2. The lowest BCUT2D eigenvalue weighted by Gasteiger charge is -2.27. The Labute approximate surface area is 181 Å². The van der Waals surface area contributed by atoms with Crippen LogP contribution in [0.3, 0.4) is 0 Å². The number of ether oxygens (including phenoxy) is 1. The van der Waals surface area contributed by atoms with Gasteiger partial charge in [0, 0.05) is 21.7 Å². The van der Waals surface area contributed by atoms with Gasteiger partial charge in [-0.05, 0) is 49.6 Å². The van der Waals surface area contributed by atoms with Crippen LogP contribution in [0, 0.1) is 5.82 Å². The zero-order valence-corrected chi connectivity index (χ0v) is 18.0. The molecule has 3 aromatic rings. The molecule has 1 aliphatic rings. The highest BCUT2D eigenvalue weighted by atomic mass is 32.1. The van der Waals surface area contributed by atoms with Crippen LogP contribution in [0.2, 0.25) is 0 Å². The van der Waals surface area contributed by atoms with Crippen molar-refractivity contribution in [1.29, 1.82) is 0 Å². The average molecular weight is 443 g/mol. The van der Waals surface area contributed by atoms with E-state index in [0.29, 0.717) is 33.0 Å². The topological polar surface area (TPSA) is 81.4 Å². The monoisotopic (exact) mass is 442 g/mol. The number of anilines is 2. The third kappa shape index (κ3) is 3.42. The smallest absolute Gasteiger partial charge is 0.336 e. The van der Waals surface area contributed by atoms with E-state index in [1.165, 1.54) is 46.9 Å². The Hall–Kier alpha value is -2.97. The molecule has 1 atom stereocenters. The van der Waals surface area contributed by atoms with E-state index in [1.807, 2.05) is 24.4 Å². The first-order valence-corrected chi connectivity index (χ1v) is 11.0. The minimum absolute atomic E-state index is 0.257. The molecule has 5 nitrogen and oxygen atoms in total. The predicted molar refractivity (Wildman–Crippen MR) is 118 cm³/mol. The van der Waals surface area contributed by atoms with Crippen molar-refractivity contribution in [3.05, 3.63) is 79.7 Å². The van der Waals surface area contributed by atoms with Gasteiger partial charge in [-0.1, -0.05) is 6.07 Å². The van der Waals surface area contributed by atoms with Crippen LogP contribution in [0.25, 0.3) is 0 Å². The normalized spacial score (nSPS) is 15.5. The molecule has 3 heterocycles. The summed E-state index contributed by atoms with van der Waals surface area (Å²) in [5, 5.41) is 5.88. The van der Waals surface area contributed by atoms with E-state index in [2.05, 4.69) is 5.32 Å². The zero-order chi connectivity index (χ0) is 21.4. The largest absolute Gasteiger partial charge is 0.463 e. The van der Waals surface area contributed by atoms with Crippen molar-refractivity contribution in [3.63, 3.8) is 0 Å². The molecule has 8 heteroatoms. The molecule has 30 heavy (non-hydrogen) atoms. The fraction of sp³-hybridized carbons (Fsp3) is 0.182. The van der Waals surface area contributed by atoms with Crippen molar-refractivity contribution in [2.75, 3.05) is 17.7 Å². The number of hydrogen-bond donors (Lipinski definition) is 2. The second-order valence-electron chi connectivity index (χ2n) is 6.76. The van der Waals surface area contributed by atoms with Crippen molar-refractivity contribution in [1.82, 2.24) is 0 Å². The standard InChI is InChI=1S/C22H19FN2O3S2/c1-3-28-22(27)15-11(2)25-21-17(16(15)14-5-4-10-29-14)18(24)20(30-21)19(26)12-6-8-13(23)9-7-12/h4-10,16,25H,3,24H2,1-2H3/t16-/m1/s1. The number of nitrogen functional groups attached to an aromatic ring is 1. The van der Waals surface area contributed by atoms with Crippen molar-refractivity contribution < 1.29 is 18.7 Å². The maximum Gasteiger partial charge on any atom is 0.336 e. The summed E-state index contributed by atoms with van der Waals surface area (Å²) in [6, 6.07) is 9.21. The summed E-state index contributed by atoms with van der Waals surface area (Å²) in [7, 11) is 0. The molecule has 0 aliphatic carbocycles. The van der Waals surface area contributed by atoms with E-state index in [4.69, 9.17) is 10.5 Å². The van der Waals surface area contributed by atoms with Gasteiger partial charge in [0.1, 0.15) is 10.7 Å². The summed E-state index contributed by atoms with van der Waals surface area (Å²) < 4.78 is 18.6. The summed E-state index contributed by atoms with van der Waals surface area (Å²) in [5.74, 6) is -1.54. The van der Waals surface area contributed by atoms with E-state index in [0.717, 1.165) is 9.88 Å². The fourth-order valence-electron chi connectivity index (χ4n) is 3.56. The van der Waals surface area contributed by atoms with Crippen LogP contribution in [-0.4, -0.2) is 18.4 Å². The number of halogens is 1. The van der Waals surface area contributed by atoms with E-state index < -0.39 is 17.7 Å². The van der Waals surface area contributed by atoms with Crippen molar-refractivity contribution in [3.8, 4) is 0 Å². The van der Waals surface area contributed by atoms with Gasteiger partial charge in [0.25, 0.3) is 0 Å². The molecular weight excluding hydrogens is 423 g/mol. The lowest BCUT2D eigenvalue weighted by Crippen LogP contribution is -2.23. The van der Waals surface area contributed by atoms with Gasteiger partial charge in [-0.25, -0.2) is 9.18 Å². The molecule has 0 amide bonds. The molecule has 3 N–H and O–H groups in total. The first-order valence-electron chi connectivity index (χ1n) is 9.33. The number of fused-ring (bicyclic) bond motifs is 1. The predicted octanol–water partition coefficient (Wildman–Crippen LogP) is 5.16. The number of benzene rings is 1. The van der Waals surface area contributed by atoms with Crippen molar-refractivity contribution >= 4 is 45.1 Å². The molecule has 0 bridgehead atoms. The number of hydrogen-bond acceptors (Lipinski definition) is 7. The third-order valence-electron chi connectivity index (χ3n) is 4.90. The van der Waals surface area contributed by atoms with Crippen LogP contribution in [-0.2, 0) is 9.53 Å². The van der Waals surface area contributed by atoms with Crippen LogP contribution in [0.1, 0.15) is 45.4 Å². The molecule has 0 radical (unpaired) electrons. The number of carbonyl (C=O) groups is 2. The number of nitrogens with two attached hydrogens (primary N) is 1. The fourth-order valence-corrected chi connectivity index (χ4v) is 5.58.